The number of ether oxygens (including phenoxy) is 1. The van der Waals surface area contributed by atoms with Crippen molar-refractivity contribution in [2.45, 2.75) is 0 Å². The number of morpholine rings is 1. The quantitative estimate of drug-likeness (QED) is 0.782. The lowest BCUT2D eigenvalue weighted by molar-refractivity contribution is 0.0383. The molecule has 2 heterocycles. The minimum Gasteiger partial charge on any atom is -0.379 e. The monoisotopic (exact) mass is 395 g/mol. The highest BCUT2D eigenvalue weighted by Gasteiger charge is 2.12. The molecule has 7 nitrogen and oxygen atoms in total. The van der Waals surface area contributed by atoms with E-state index in [1.165, 1.54) is 12.4 Å². The molecular weight excluding hydrogens is 377 g/mol. The first kappa shape index (κ1) is 18.8. The van der Waals surface area contributed by atoms with Crippen molar-refractivity contribution in [3.63, 3.8) is 0 Å². The molecule has 0 bridgehead atoms. The van der Waals surface area contributed by atoms with Crippen molar-refractivity contribution in [2.75, 3.05) is 44.7 Å². The van der Waals surface area contributed by atoms with Gasteiger partial charge < -0.3 is 15.4 Å². The summed E-state index contributed by atoms with van der Waals surface area (Å²) in [5.74, 6) is 0.237. The molecule has 1 amide bonds. The van der Waals surface area contributed by atoms with Crippen molar-refractivity contribution < 1.29 is 9.53 Å². The zero-order valence-corrected chi connectivity index (χ0v) is 15.6. The second kappa shape index (κ2) is 9.14. The molecule has 0 atom stereocenters. The summed E-state index contributed by atoms with van der Waals surface area (Å²) in [5.41, 5.74) is 0.924. The highest BCUT2D eigenvalue weighted by Crippen LogP contribution is 2.27. The predicted octanol–water partition coefficient (Wildman–Crippen LogP) is 2.59. The summed E-state index contributed by atoms with van der Waals surface area (Å²) in [4.78, 5) is 22.7. The second-order valence-corrected chi connectivity index (χ2v) is 6.59. The molecule has 2 aromatic rings. The van der Waals surface area contributed by atoms with E-state index in [9.17, 15) is 4.79 Å². The number of benzene rings is 1. The number of carbonyl (C=O) groups is 1. The van der Waals surface area contributed by atoms with E-state index in [0.29, 0.717) is 28.1 Å². The minimum atomic E-state index is -0.248. The summed E-state index contributed by atoms with van der Waals surface area (Å²) in [6.07, 6.45) is 2.91. The number of nitrogens with one attached hydrogen (secondary N) is 2. The lowest BCUT2D eigenvalue weighted by Gasteiger charge is -2.26. The number of hydrogen-bond donors (Lipinski definition) is 2. The molecule has 9 heteroatoms. The van der Waals surface area contributed by atoms with Gasteiger partial charge in [-0.15, -0.1) is 0 Å². The lowest BCUT2D eigenvalue weighted by Crippen LogP contribution is -2.41. The van der Waals surface area contributed by atoms with Crippen molar-refractivity contribution in [1.82, 2.24) is 20.2 Å². The SMILES string of the molecule is O=C(NCCN1CCOCC1)c1cnc(Nc2ccc(Cl)cc2Cl)cn1. The number of aromatic nitrogens is 2. The van der Waals surface area contributed by atoms with Gasteiger partial charge in [-0.1, -0.05) is 23.2 Å². The highest BCUT2D eigenvalue weighted by molar-refractivity contribution is 6.36. The summed E-state index contributed by atoms with van der Waals surface area (Å²) in [6, 6.07) is 5.10. The van der Waals surface area contributed by atoms with Gasteiger partial charge in [0.15, 0.2) is 0 Å². The van der Waals surface area contributed by atoms with E-state index >= 15 is 0 Å². The number of halogens is 2. The maximum Gasteiger partial charge on any atom is 0.271 e. The Morgan fingerprint density at radius 1 is 1.19 bits per heavy atom. The van der Waals surface area contributed by atoms with Crippen molar-refractivity contribution >= 4 is 40.6 Å². The molecule has 2 N–H and O–H groups in total. The van der Waals surface area contributed by atoms with E-state index in [1.807, 2.05) is 0 Å². The fourth-order valence-corrected chi connectivity index (χ4v) is 2.94. The van der Waals surface area contributed by atoms with Gasteiger partial charge in [-0.25, -0.2) is 9.97 Å². The van der Waals surface area contributed by atoms with E-state index in [2.05, 4.69) is 25.5 Å². The van der Waals surface area contributed by atoms with Crippen LogP contribution in [0, 0.1) is 0 Å². The molecule has 0 aliphatic carbocycles. The van der Waals surface area contributed by atoms with Gasteiger partial charge in [0.1, 0.15) is 11.5 Å². The smallest absolute Gasteiger partial charge is 0.271 e. The lowest BCUT2D eigenvalue weighted by atomic mass is 10.3. The molecule has 1 saturated heterocycles. The fourth-order valence-electron chi connectivity index (χ4n) is 2.48. The van der Waals surface area contributed by atoms with E-state index < -0.39 is 0 Å². The first-order valence-corrected chi connectivity index (χ1v) is 9.00. The van der Waals surface area contributed by atoms with E-state index in [4.69, 9.17) is 27.9 Å². The van der Waals surface area contributed by atoms with Crippen LogP contribution < -0.4 is 10.6 Å². The van der Waals surface area contributed by atoms with Crippen LogP contribution in [0.2, 0.25) is 10.0 Å². The molecular formula is C17H19Cl2N5O2. The van der Waals surface area contributed by atoms with Crippen LogP contribution in [0.5, 0.6) is 0 Å². The Labute approximate surface area is 161 Å². The van der Waals surface area contributed by atoms with Crippen LogP contribution in [0.4, 0.5) is 11.5 Å². The van der Waals surface area contributed by atoms with Gasteiger partial charge in [-0.3, -0.25) is 9.69 Å². The molecule has 1 aromatic carbocycles. The molecule has 0 radical (unpaired) electrons. The minimum absolute atomic E-state index is 0.248. The van der Waals surface area contributed by atoms with Crippen LogP contribution in [-0.2, 0) is 4.74 Å². The molecule has 1 fully saturated rings. The third-order valence-electron chi connectivity index (χ3n) is 3.90. The van der Waals surface area contributed by atoms with Crippen molar-refractivity contribution in [2.24, 2.45) is 0 Å². The normalized spacial score (nSPS) is 14.8. The number of nitrogens with zero attached hydrogens (tertiary/aromatic N) is 3. The summed E-state index contributed by atoms with van der Waals surface area (Å²) in [5, 5.41) is 6.92. The first-order chi connectivity index (χ1) is 12.6. The average molecular weight is 396 g/mol. The summed E-state index contributed by atoms with van der Waals surface area (Å²) >= 11 is 12.0. The number of amides is 1. The van der Waals surface area contributed by atoms with Crippen molar-refractivity contribution in [3.8, 4) is 0 Å². The molecule has 0 spiro atoms. The number of hydrogen-bond acceptors (Lipinski definition) is 6. The second-order valence-electron chi connectivity index (χ2n) is 5.75. The van der Waals surface area contributed by atoms with Gasteiger partial charge >= 0.3 is 0 Å². The topological polar surface area (TPSA) is 79.4 Å². The largest absolute Gasteiger partial charge is 0.379 e. The van der Waals surface area contributed by atoms with Crippen LogP contribution >= 0.6 is 23.2 Å². The number of anilines is 2. The van der Waals surface area contributed by atoms with Gasteiger partial charge in [-0.2, -0.15) is 0 Å². The van der Waals surface area contributed by atoms with Crippen LogP contribution in [0.15, 0.2) is 30.6 Å². The fraction of sp³-hybridized carbons (Fsp3) is 0.353. The Kier molecular flexibility index (Phi) is 6.62. The van der Waals surface area contributed by atoms with Gasteiger partial charge in [0.2, 0.25) is 0 Å². The third kappa shape index (κ3) is 5.28. The highest BCUT2D eigenvalue weighted by atomic mass is 35.5. The van der Waals surface area contributed by atoms with Crippen LogP contribution in [0.3, 0.4) is 0 Å². The van der Waals surface area contributed by atoms with Gasteiger partial charge in [0.25, 0.3) is 5.91 Å². The van der Waals surface area contributed by atoms with Crippen molar-refractivity contribution in [1.29, 1.82) is 0 Å². The number of carbonyl (C=O) groups excluding carboxylic acids is 1. The van der Waals surface area contributed by atoms with Gasteiger partial charge in [0.05, 0.1) is 36.3 Å². The van der Waals surface area contributed by atoms with E-state index in [-0.39, 0.29) is 11.6 Å². The maximum absolute atomic E-state index is 12.1. The molecule has 0 unspecified atom stereocenters. The molecule has 3 rings (SSSR count). The number of rotatable bonds is 6. The van der Waals surface area contributed by atoms with E-state index in [0.717, 1.165) is 32.8 Å². The molecule has 1 aliphatic rings. The Morgan fingerprint density at radius 2 is 2.00 bits per heavy atom. The van der Waals surface area contributed by atoms with Crippen LogP contribution in [0.1, 0.15) is 10.5 Å². The molecule has 0 saturated carbocycles. The third-order valence-corrected chi connectivity index (χ3v) is 4.44. The maximum atomic E-state index is 12.1. The Morgan fingerprint density at radius 3 is 2.69 bits per heavy atom. The van der Waals surface area contributed by atoms with Gasteiger partial charge in [-0.05, 0) is 18.2 Å². The Balaban J connectivity index is 1.50. The molecule has 1 aliphatic heterocycles. The van der Waals surface area contributed by atoms with Crippen LogP contribution in [0.25, 0.3) is 0 Å². The molecule has 1 aromatic heterocycles. The molecule has 138 valence electrons. The summed E-state index contributed by atoms with van der Waals surface area (Å²) < 4.78 is 5.30. The average Bonchev–Trinajstić information content (AvgIpc) is 2.65. The van der Waals surface area contributed by atoms with E-state index in [1.54, 1.807) is 18.2 Å². The Hall–Kier alpha value is -1.93. The van der Waals surface area contributed by atoms with Crippen molar-refractivity contribution in [3.05, 3.63) is 46.3 Å². The van der Waals surface area contributed by atoms with Gasteiger partial charge in [0, 0.05) is 31.2 Å². The first-order valence-electron chi connectivity index (χ1n) is 8.24. The summed E-state index contributed by atoms with van der Waals surface area (Å²) in [7, 11) is 0. The van der Waals surface area contributed by atoms with Crippen LogP contribution in [-0.4, -0.2) is 60.2 Å². The predicted molar refractivity (Wildman–Crippen MR) is 101 cm³/mol. The Bertz CT molecular complexity index is 751. The zero-order valence-electron chi connectivity index (χ0n) is 14.0. The molecule has 26 heavy (non-hydrogen) atoms. The standard InChI is InChI=1S/C17H19Cl2N5O2/c18-12-1-2-14(13(19)9-12)23-16-11-21-15(10-22-16)17(25)20-3-4-24-5-7-26-8-6-24/h1-2,9-11H,3-8H2,(H,20,25)(H,22,23). The zero-order chi connectivity index (χ0) is 18.4. The summed E-state index contributed by atoms with van der Waals surface area (Å²) in [6.45, 7) is 4.61.